The summed E-state index contributed by atoms with van der Waals surface area (Å²) in [7, 11) is 0. The Morgan fingerprint density at radius 3 is 2.95 bits per heavy atom. The van der Waals surface area contributed by atoms with Gasteiger partial charge < -0.3 is 15.0 Å². The van der Waals surface area contributed by atoms with Crippen molar-refractivity contribution in [2.75, 3.05) is 31.2 Å². The predicted molar refractivity (Wildman–Crippen MR) is 69.6 cm³/mol. The van der Waals surface area contributed by atoms with Gasteiger partial charge in [0.15, 0.2) is 11.6 Å². The first-order valence-electron chi connectivity index (χ1n) is 6.74. The Hall–Kier alpha value is -1.53. The Labute approximate surface area is 115 Å². The zero-order valence-electron chi connectivity index (χ0n) is 11.0. The van der Waals surface area contributed by atoms with Crippen LogP contribution < -0.4 is 10.2 Å². The fourth-order valence-electron chi connectivity index (χ4n) is 2.71. The summed E-state index contributed by atoms with van der Waals surface area (Å²) in [6, 6.07) is 2.28. The lowest BCUT2D eigenvalue weighted by atomic mass is 10.1. The van der Waals surface area contributed by atoms with Gasteiger partial charge in [0.1, 0.15) is 0 Å². The number of benzene rings is 1. The standard InChI is InChI=1S/C14H16F2N2O2/c15-11-5-9-1-3-18(13(9)7-12(11)16)14(19)6-10-8-20-4-2-17-10/h5,7,10,17H,1-4,6,8H2. The minimum Gasteiger partial charge on any atom is -0.378 e. The van der Waals surface area contributed by atoms with Crippen LogP contribution in [0.2, 0.25) is 0 Å². The van der Waals surface area contributed by atoms with Crippen molar-refractivity contribution >= 4 is 11.6 Å². The molecule has 1 unspecified atom stereocenters. The quantitative estimate of drug-likeness (QED) is 0.887. The number of anilines is 1. The van der Waals surface area contributed by atoms with Gasteiger partial charge in [-0.3, -0.25) is 4.79 Å². The largest absolute Gasteiger partial charge is 0.378 e. The topological polar surface area (TPSA) is 41.6 Å². The second-order valence-corrected chi connectivity index (χ2v) is 5.12. The van der Waals surface area contributed by atoms with Gasteiger partial charge in [-0.25, -0.2) is 8.78 Å². The molecule has 1 aromatic carbocycles. The van der Waals surface area contributed by atoms with E-state index in [-0.39, 0.29) is 11.9 Å². The summed E-state index contributed by atoms with van der Waals surface area (Å²) in [6.45, 7) is 2.37. The molecule has 6 heteroatoms. The van der Waals surface area contributed by atoms with Crippen molar-refractivity contribution in [3.63, 3.8) is 0 Å². The van der Waals surface area contributed by atoms with E-state index in [1.807, 2.05) is 0 Å². The van der Waals surface area contributed by atoms with Gasteiger partial charge in [0, 0.05) is 37.3 Å². The molecule has 0 spiro atoms. The maximum Gasteiger partial charge on any atom is 0.228 e. The first kappa shape index (κ1) is 13.5. The smallest absolute Gasteiger partial charge is 0.228 e. The molecular formula is C14H16F2N2O2. The molecule has 1 aromatic rings. The van der Waals surface area contributed by atoms with E-state index >= 15 is 0 Å². The van der Waals surface area contributed by atoms with Gasteiger partial charge in [-0.15, -0.1) is 0 Å². The lowest BCUT2D eigenvalue weighted by Crippen LogP contribution is -2.45. The van der Waals surface area contributed by atoms with Crippen LogP contribution in [0.4, 0.5) is 14.5 Å². The maximum absolute atomic E-state index is 13.3. The van der Waals surface area contributed by atoms with Crippen molar-refractivity contribution in [3.8, 4) is 0 Å². The van der Waals surface area contributed by atoms with Crippen molar-refractivity contribution in [2.24, 2.45) is 0 Å². The monoisotopic (exact) mass is 282 g/mol. The van der Waals surface area contributed by atoms with Gasteiger partial charge in [0.2, 0.25) is 5.91 Å². The normalized spacial score (nSPS) is 21.9. The second kappa shape index (κ2) is 5.46. The lowest BCUT2D eigenvalue weighted by Gasteiger charge is -2.25. The first-order valence-corrected chi connectivity index (χ1v) is 6.74. The van der Waals surface area contributed by atoms with E-state index in [4.69, 9.17) is 4.74 Å². The third-order valence-electron chi connectivity index (χ3n) is 3.74. The van der Waals surface area contributed by atoms with Crippen molar-refractivity contribution in [1.29, 1.82) is 0 Å². The minimum absolute atomic E-state index is 0.00871. The molecule has 1 amide bonds. The molecule has 2 aliphatic heterocycles. The minimum atomic E-state index is -0.914. The van der Waals surface area contributed by atoms with E-state index in [0.29, 0.717) is 43.9 Å². The van der Waals surface area contributed by atoms with Crippen LogP contribution >= 0.6 is 0 Å². The van der Waals surface area contributed by atoms with Crippen LogP contribution in [0.25, 0.3) is 0 Å². The van der Waals surface area contributed by atoms with Crippen molar-refractivity contribution < 1.29 is 18.3 Å². The van der Waals surface area contributed by atoms with Crippen LogP contribution in [0.1, 0.15) is 12.0 Å². The van der Waals surface area contributed by atoms with E-state index in [1.54, 1.807) is 0 Å². The van der Waals surface area contributed by atoms with E-state index in [9.17, 15) is 13.6 Å². The molecule has 0 radical (unpaired) electrons. The number of halogens is 2. The highest BCUT2D eigenvalue weighted by molar-refractivity contribution is 5.95. The number of nitrogens with one attached hydrogen (secondary N) is 1. The summed E-state index contributed by atoms with van der Waals surface area (Å²) in [5.41, 5.74) is 1.18. The van der Waals surface area contributed by atoms with Crippen molar-refractivity contribution in [3.05, 3.63) is 29.3 Å². The average molecular weight is 282 g/mol. The van der Waals surface area contributed by atoms with Crippen LogP contribution in [0.15, 0.2) is 12.1 Å². The van der Waals surface area contributed by atoms with Crippen molar-refractivity contribution in [1.82, 2.24) is 5.32 Å². The number of morpholine rings is 1. The fourth-order valence-corrected chi connectivity index (χ4v) is 2.71. The summed E-state index contributed by atoms with van der Waals surface area (Å²) in [4.78, 5) is 13.8. The van der Waals surface area contributed by atoms with Crippen molar-refractivity contribution in [2.45, 2.75) is 18.9 Å². The Morgan fingerprint density at radius 2 is 2.20 bits per heavy atom. The van der Waals surface area contributed by atoms with Crippen LogP contribution in [0, 0.1) is 11.6 Å². The summed E-state index contributed by atoms with van der Waals surface area (Å²) in [5.74, 6) is -1.86. The zero-order valence-corrected chi connectivity index (χ0v) is 11.0. The Bertz CT molecular complexity index is 530. The van der Waals surface area contributed by atoms with Gasteiger partial charge in [-0.1, -0.05) is 0 Å². The van der Waals surface area contributed by atoms with E-state index in [2.05, 4.69) is 5.32 Å². The van der Waals surface area contributed by atoms with E-state index in [0.717, 1.165) is 12.6 Å². The van der Waals surface area contributed by atoms with Gasteiger partial charge in [0.05, 0.1) is 13.2 Å². The molecule has 2 aliphatic rings. The van der Waals surface area contributed by atoms with Gasteiger partial charge in [-0.05, 0) is 18.1 Å². The maximum atomic E-state index is 13.3. The molecule has 2 heterocycles. The van der Waals surface area contributed by atoms with Gasteiger partial charge >= 0.3 is 0 Å². The summed E-state index contributed by atoms with van der Waals surface area (Å²) in [5, 5.41) is 3.21. The highest BCUT2D eigenvalue weighted by Gasteiger charge is 2.28. The highest BCUT2D eigenvalue weighted by atomic mass is 19.2. The molecule has 0 aromatic heterocycles. The number of fused-ring (bicyclic) bond motifs is 1. The predicted octanol–water partition coefficient (Wildman–Crippen LogP) is 1.23. The molecule has 3 rings (SSSR count). The number of nitrogens with zero attached hydrogens (tertiary/aromatic N) is 1. The Kier molecular flexibility index (Phi) is 3.67. The fraction of sp³-hybridized carbons (Fsp3) is 0.500. The first-order chi connectivity index (χ1) is 9.65. The molecule has 20 heavy (non-hydrogen) atoms. The lowest BCUT2D eigenvalue weighted by molar-refractivity contribution is -0.119. The molecule has 1 atom stereocenters. The summed E-state index contributed by atoms with van der Waals surface area (Å²) >= 11 is 0. The average Bonchev–Trinajstić information content (AvgIpc) is 2.83. The number of hydrogen-bond donors (Lipinski definition) is 1. The number of rotatable bonds is 2. The third-order valence-corrected chi connectivity index (χ3v) is 3.74. The number of amides is 1. The molecule has 1 saturated heterocycles. The number of hydrogen-bond acceptors (Lipinski definition) is 3. The third kappa shape index (κ3) is 2.53. The van der Waals surface area contributed by atoms with E-state index in [1.165, 1.54) is 11.0 Å². The Balaban J connectivity index is 1.73. The van der Waals surface area contributed by atoms with Crippen LogP contribution in [-0.4, -0.2) is 38.3 Å². The summed E-state index contributed by atoms with van der Waals surface area (Å²) in [6.07, 6.45) is 0.866. The number of ether oxygens (including phenoxy) is 1. The van der Waals surface area contributed by atoms with E-state index < -0.39 is 11.6 Å². The molecule has 1 fully saturated rings. The van der Waals surface area contributed by atoms with Crippen LogP contribution in [0.3, 0.4) is 0 Å². The van der Waals surface area contributed by atoms with Gasteiger partial charge in [0.25, 0.3) is 0 Å². The summed E-state index contributed by atoms with van der Waals surface area (Å²) < 4.78 is 31.8. The SMILES string of the molecule is O=C(CC1COCCN1)N1CCc2cc(F)c(F)cc21. The molecule has 4 nitrogen and oxygen atoms in total. The molecule has 108 valence electrons. The number of carbonyl (C=O) groups is 1. The number of carbonyl (C=O) groups excluding carboxylic acids is 1. The molecule has 0 saturated carbocycles. The molecule has 0 bridgehead atoms. The Morgan fingerprint density at radius 1 is 1.40 bits per heavy atom. The second-order valence-electron chi connectivity index (χ2n) is 5.12. The van der Waals surface area contributed by atoms with Crippen LogP contribution in [-0.2, 0) is 16.0 Å². The van der Waals surface area contributed by atoms with Crippen LogP contribution in [0.5, 0.6) is 0 Å². The van der Waals surface area contributed by atoms with Gasteiger partial charge in [-0.2, -0.15) is 0 Å². The molecule has 0 aliphatic carbocycles. The highest BCUT2D eigenvalue weighted by Crippen LogP contribution is 2.30. The zero-order chi connectivity index (χ0) is 14.1. The molecular weight excluding hydrogens is 266 g/mol. The molecule has 1 N–H and O–H groups in total.